The molecule has 121 heavy (non-hydrogen) atoms. The smallest absolute Gasteiger partial charge is 0.337 e. The molecule has 0 bridgehead atoms. The van der Waals surface area contributed by atoms with E-state index < -0.39 is 23.3 Å². The summed E-state index contributed by atoms with van der Waals surface area (Å²) in [6.45, 7) is 58.4. The second-order valence-corrected chi connectivity index (χ2v) is 43.5. The van der Waals surface area contributed by atoms with Crippen LogP contribution in [0.5, 0.6) is 5.75 Å². The Morgan fingerprint density at radius 1 is 0.438 bits per heavy atom. The van der Waals surface area contributed by atoms with Gasteiger partial charge < -0.3 is 9.47 Å². The molecule has 2 aromatic heterocycles. The van der Waals surface area contributed by atoms with E-state index in [2.05, 4.69) is 219 Å². The number of aromatic nitrogens is 5. The molecule has 0 saturated heterocycles. The highest BCUT2D eigenvalue weighted by molar-refractivity contribution is 7.12. The maximum Gasteiger partial charge on any atom is 0.337 e. The van der Waals surface area contributed by atoms with Gasteiger partial charge >= 0.3 is 5.97 Å². The van der Waals surface area contributed by atoms with E-state index >= 15 is 0 Å². The summed E-state index contributed by atoms with van der Waals surface area (Å²) in [6, 6.07) is 50.5. The lowest BCUT2D eigenvalue weighted by Gasteiger charge is -2.22. The van der Waals surface area contributed by atoms with Crippen molar-refractivity contribution in [2.45, 2.75) is 270 Å². The number of nitrogens with zero attached hydrogens (tertiary/aromatic N) is 7. The number of esters is 1. The summed E-state index contributed by atoms with van der Waals surface area (Å²) in [5, 5.41) is 33.4. The number of benzene rings is 8. The number of para-hydroxylation sites is 1. The number of aryl methyl sites for hydroxylation is 1. The molecule has 0 atom stereocenters. The van der Waals surface area contributed by atoms with Crippen molar-refractivity contribution in [1.29, 1.82) is 0 Å². The van der Waals surface area contributed by atoms with Crippen molar-refractivity contribution >= 4 is 50.1 Å². The summed E-state index contributed by atoms with van der Waals surface area (Å²) in [5.74, 6) is -0.711. The fourth-order valence-corrected chi connectivity index (χ4v) is 14.2. The van der Waals surface area contributed by atoms with Gasteiger partial charge in [-0.05, 0) is 224 Å². The second kappa shape index (κ2) is 47.4. The fraction of sp³-hybridized carbons (Fsp3) is 0.520. The molecule has 11 rings (SSSR count). The summed E-state index contributed by atoms with van der Waals surface area (Å²) in [4.78, 5) is 31.9. The van der Waals surface area contributed by atoms with Gasteiger partial charge in [0.05, 0.1) is 39.8 Å². The topological polar surface area (TPSA) is 178 Å². The average Bonchev–Trinajstić information content (AvgIpc) is 1.70. The quantitative estimate of drug-likeness (QED) is 0.0464. The van der Waals surface area contributed by atoms with Crippen molar-refractivity contribution in [3.05, 3.63) is 263 Å². The second-order valence-electron chi connectivity index (χ2n) is 42.7. The van der Waals surface area contributed by atoms with Gasteiger partial charge in [-0.25, -0.2) is 27.0 Å². The molecule has 10 aromatic rings. The summed E-state index contributed by atoms with van der Waals surface area (Å²) in [5.41, 5.74) is 14.2. The highest BCUT2D eigenvalue weighted by atomic mass is 32.1. The Morgan fingerprint density at radius 3 is 1.37 bits per heavy atom. The number of hydrogen-bond donors (Lipinski definition) is 0. The fourth-order valence-electron chi connectivity index (χ4n) is 13.7. The minimum atomic E-state index is -0.762. The molecule has 14 nitrogen and oxygen atoms in total. The van der Waals surface area contributed by atoms with Gasteiger partial charge in [-0.3, -0.25) is 20.2 Å². The van der Waals surface area contributed by atoms with Crippen LogP contribution < -0.4 is 4.74 Å². The van der Waals surface area contributed by atoms with Crippen LogP contribution in [0, 0.1) is 98.2 Å². The molecule has 2 heterocycles. The van der Waals surface area contributed by atoms with Crippen LogP contribution in [0.4, 0.5) is 28.9 Å². The number of methoxy groups -OCH3 is 2. The molecule has 664 valence electrons. The van der Waals surface area contributed by atoms with Gasteiger partial charge in [0.1, 0.15) is 28.4 Å². The zero-order valence-corrected chi connectivity index (χ0v) is 79.7. The normalized spacial score (nSPS) is 12.5. The lowest BCUT2D eigenvalue weighted by Crippen LogP contribution is -2.11. The zero-order valence-electron chi connectivity index (χ0n) is 78.8. The highest BCUT2D eigenvalue weighted by Crippen LogP contribution is 2.36. The van der Waals surface area contributed by atoms with Crippen molar-refractivity contribution in [1.82, 2.24) is 24.6 Å². The van der Waals surface area contributed by atoms with Crippen molar-refractivity contribution < 1.29 is 41.7 Å². The highest BCUT2D eigenvalue weighted by Gasteiger charge is 2.24. The van der Waals surface area contributed by atoms with E-state index in [0.717, 1.165) is 90.0 Å². The molecule has 0 unspecified atom stereocenters. The van der Waals surface area contributed by atoms with Crippen molar-refractivity contribution in [3.63, 3.8) is 0 Å². The van der Waals surface area contributed by atoms with Gasteiger partial charge in [0, 0.05) is 36.9 Å². The van der Waals surface area contributed by atoms with Crippen molar-refractivity contribution in [2.75, 3.05) is 14.2 Å². The number of nitro groups is 2. The first kappa shape index (κ1) is 106. The molecule has 1 aliphatic rings. The van der Waals surface area contributed by atoms with E-state index in [1.165, 1.54) is 95.9 Å². The molecule has 0 aliphatic heterocycles. The number of fused-ring (bicyclic) bond motifs is 2. The number of ether oxygens (including phenoxy) is 2. The number of rotatable bonds is 13. The van der Waals surface area contributed by atoms with E-state index in [0.29, 0.717) is 51.2 Å². The van der Waals surface area contributed by atoms with Gasteiger partial charge in [0.25, 0.3) is 11.4 Å². The number of hydrogen-bond acceptors (Lipinski definition) is 12. The van der Waals surface area contributed by atoms with E-state index in [9.17, 15) is 42.6 Å². The first-order valence-electron chi connectivity index (χ1n) is 42.2. The Hall–Kier alpha value is -9.23. The van der Waals surface area contributed by atoms with Gasteiger partial charge in [-0.15, -0.1) is 10.2 Å². The first-order chi connectivity index (χ1) is 55.6. The van der Waals surface area contributed by atoms with Crippen LogP contribution in [0.25, 0.3) is 21.3 Å². The van der Waals surface area contributed by atoms with E-state index in [1.807, 2.05) is 97.1 Å². The molecule has 1 fully saturated rings. The minimum absolute atomic E-state index is 0.0192. The number of non-ortho nitro benzene ring substituents is 1. The maximum atomic E-state index is 13.2. The third-order valence-electron chi connectivity index (χ3n) is 18.0. The molecule has 1 aliphatic carbocycles. The zero-order chi connectivity index (χ0) is 91.9. The van der Waals surface area contributed by atoms with Crippen LogP contribution >= 0.6 is 11.5 Å². The molecule has 8 aromatic carbocycles. The Labute approximate surface area is 727 Å². The number of carbonyl (C=O) groups is 1. The van der Waals surface area contributed by atoms with Gasteiger partial charge in [0.2, 0.25) is 0 Å². The predicted octanol–water partition coefficient (Wildman–Crippen LogP) is 29.3. The number of halogens is 4. The minimum Gasteiger partial charge on any atom is -0.497 e. The van der Waals surface area contributed by atoms with Gasteiger partial charge in [-0.1, -0.05) is 307 Å². The maximum absolute atomic E-state index is 13.2. The predicted molar refractivity (Wildman–Crippen MR) is 497 cm³/mol. The van der Waals surface area contributed by atoms with Crippen molar-refractivity contribution in [2.24, 2.45) is 61.7 Å². The van der Waals surface area contributed by atoms with Crippen LogP contribution in [-0.4, -0.2) is 54.6 Å². The number of nitro benzene ring substituents is 2. The van der Waals surface area contributed by atoms with Gasteiger partial charge in [-0.2, -0.15) is 0 Å². The summed E-state index contributed by atoms with van der Waals surface area (Å²) in [7, 11) is 5.02. The molecular weight excluding hydrogens is 1540 g/mol. The van der Waals surface area contributed by atoms with E-state index in [-0.39, 0.29) is 54.3 Å². The summed E-state index contributed by atoms with van der Waals surface area (Å²) >= 11 is 1.45. The Morgan fingerprint density at radius 2 is 0.884 bits per heavy atom. The van der Waals surface area contributed by atoms with Gasteiger partial charge in [0.15, 0.2) is 11.6 Å². The van der Waals surface area contributed by atoms with Crippen LogP contribution in [0.3, 0.4) is 0 Å². The summed E-state index contributed by atoms with van der Waals surface area (Å²) < 4.78 is 68.4. The van der Waals surface area contributed by atoms with Crippen LogP contribution in [0.2, 0.25) is 0 Å². The molecule has 0 radical (unpaired) electrons. The van der Waals surface area contributed by atoms with E-state index in [1.54, 1.807) is 54.3 Å². The summed E-state index contributed by atoms with van der Waals surface area (Å²) in [6.07, 6.45) is 14.4. The SMILES string of the molecule is CC(C)(C)CC1CCCC1.CC(C)(C)Cc1ccc(F)cc1F.CC(C)(C)Cc1ccc2snnc2c1.CC(C)(C)Cc1cccc(F)c1F.CC(C)(C)Cc1cccc([N+](=O)[O-])c1.CC(C)(C)Cc1ccccc1[N+](=O)[O-].COC(=O)c1cccc(CC(C)(C)C)c1.COc1cccc(CC(C)(C)C)c1.Cn1nnc2cc(CC(C)(C)C)ccc21. The third kappa shape index (κ3) is 46.6. The average molecular weight is 1690 g/mol. The molecule has 0 spiro atoms. The standard InChI is InChI=1S/C13H18O2.C12H17N3.C12H18O.2C11H14F2.C11H14N2S.2C11H15NO2.C10H20/c1-13(2,3)9-10-6-5-7-11(8-10)12(14)15-4;1-12(2,3)8-9-5-6-11-10(7-9)13-14-15(11)4;1-12(2,3)9-10-6-5-7-11(8-10)13-4;1-11(2,3)7-8-4-5-9(12)6-10(8)13;1-11(2,3)7-8-5-4-6-9(12)10(8)13;1-11(2,3)7-8-4-5-10-9(6-8)12-13-14-10;1-11(2,3)8-9-5-4-6-10(7-9)12(13)14;1-11(2,3)8-9-6-4-5-7-10(9)12(13)14;1-10(2,3)8-9-6-4-5-7-9/h5-8H,9H2,1-4H3;5-7H,8H2,1-4H3;5-8H,9H2,1-4H3;2*4-6H,7H2,1-3H3;4-6H,7H2,1-3H3;2*4-7H,8H2,1-3H3;9H,4-8H2,1-3H3. The lowest BCUT2D eigenvalue weighted by atomic mass is 9.84. The molecule has 0 N–H and O–H groups in total. The third-order valence-corrected chi connectivity index (χ3v) is 18.7. The molecular formula is C102H145F4N7O7S. The molecule has 19 heteroatoms. The van der Waals surface area contributed by atoms with Crippen LogP contribution in [-0.2, 0) is 63.2 Å². The van der Waals surface area contributed by atoms with Crippen LogP contribution in [0.15, 0.2) is 170 Å². The Kier molecular flexibility index (Phi) is 41.5. The van der Waals surface area contributed by atoms with Crippen molar-refractivity contribution in [3.8, 4) is 5.75 Å². The monoisotopic (exact) mass is 1690 g/mol. The molecule has 0 amide bonds. The molecule has 1 saturated carbocycles. The first-order valence-corrected chi connectivity index (χ1v) is 43.0. The van der Waals surface area contributed by atoms with E-state index in [4.69, 9.17) is 4.74 Å². The number of carbonyl (C=O) groups excluding carboxylic acids is 1. The lowest BCUT2D eigenvalue weighted by molar-refractivity contribution is -0.385. The van der Waals surface area contributed by atoms with Crippen LogP contribution in [0.1, 0.15) is 274 Å². The Balaban J connectivity index is 0.000000352. The largest absolute Gasteiger partial charge is 0.497 e. The Bertz CT molecular complexity index is 4810.